The number of benzene rings is 2. The third-order valence-corrected chi connectivity index (χ3v) is 4.48. The maximum atomic E-state index is 13.1. The van der Waals surface area contributed by atoms with Crippen LogP contribution in [0.3, 0.4) is 0 Å². The average Bonchev–Trinajstić information content (AvgIpc) is 2.59. The molecule has 0 aliphatic rings. The van der Waals surface area contributed by atoms with E-state index < -0.39 is 11.7 Å². The van der Waals surface area contributed by atoms with Gasteiger partial charge in [-0.15, -0.1) is 0 Å². The number of nitrogens with zero attached hydrogens (tertiary/aromatic N) is 1. The minimum atomic E-state index is -4.44. The van der Waals surface area contributed by atoms with Crippen molar-refractivity contribution < 1.29 is 17.9 Å². The van der Waals surface area contributed by atoms with Gasteiger partial charge in [0.05, 0.1) is 17.2 Å². The van der Waals surface area contributed by atoms with Gasteiger partial charge in [0.25, 0.3) is 0 Å². The molecule has 0 radical (unpaired) electrons. The highest BCUT2D eigenvalue weighted by Gasteiger charge is 2.33. The molecule has 0 spiro atoms. The van der Waals surface area contributed by atoms with Crippen LogP contribution in [0.4, 0.5) is 13.2 Å². The zero-order chi connectivity index (χ0) is 19.9. The molecule has 0 saturated carbocycles. The molecule has 0 amide bonds. The van der Waals surface area contributed by atoms with Gasteiger partial charge in [0.2, 0.25) is 0 Å². The summed E-state index contributed by atoms with van der Waals surface area (Å²) in [5, 5.41) is -0.209. The monoisotopic (exact) mass is 399 g/mol. The smallest absolute Gasteiger partial charge is 0.417 e. The Morgan fingerprint density at radius 2 is 1.74 bits per heavy atom. The Bertz CT molecular complexity index is 704. The van der Waals surface area contributed by atoms with Gasteiger partial charge in [-0.3, -0.25) is 4.90 Å². The zero-order valence-corrected chi connectivity index (χ0v) is 16.4. The lowest BCUT2D eigenvalue weighted by Gasteiger charge is -2.25. The Morgan fingerprint density at radius 1 is 1.04 bits per heavy atom. The Morgan fingerprint density at radius 3 is 2.37 bits per heavy atom. The topological polar surface area (TPSA) is 12.5 Å². The van der Waals surface area contributed by atoms with Crippen LogP contribution in [0.15, 0.2) is 48.5 Å². The predicted octanol–water partition coefficient (Wildman–Crippen LogP) is 6.29. The standard InChI is InChI=1S/C21H25ClF3NO/c1-16(2)14-26(12-7-13-27-18-9-4-3-5-10-18)15-17-8-6-11-19(20(17)22)21(23,24)25/h3-6,8-11,16H,7,12-15H2,1-2H3. The lowest BCUT2D eigenvalue weighted by molar-refractivity contribution is -0.137. The Labute approximate surface area is 163 Å². The third kappa shape index (κ3) is 7.07. The first-order valence-electron chi connectivity index (χ1n) is 9.02. The number of hydrogen-bond acceptors (Lipinski definition) is 2. The summed E-state index contributed by atoms with van der Waals surface area (Å²) in [4.78, 5) is 2.13. The predicted molar refractivity (Wildman–Crippen MR) is 103 cm³/mol. The summed E-state index contributed by atoms with van der Waals surface area (Å²) >= 11 is 6.04. The van der Waals surface area contributed by atoms with Crippen molar-refractivity contribution in [1.82, 2.24) is 4.90 Å². The van der Waals surface area contributed by atoms with Crippen molar-refractivity contribution in [2.24, 2.45) is 5.92 Å². The Kier molecular flexibility index (Phi) is 7.99. The first-order chi connectivity index (χ1) is 12.8. The van der Waals surface area contributed by atoms with Crippen LogP contribution in [-0.2, 0) is 12.7 Å². The molecule has 2 nitrogen and oxygen atoms in total. The minimum absolute atomic E-state index is 0.209. The van der Waals surface area contributed by atoms with Crippen LogP contribution in [0.1, 0.15) is 31.4 Å². The van der Waals surface area contributed by atoms with Gasteiger partial charge < -0.3 is 4.74 Å². The van der Waals surface area contributed by atoms with Crippen molar-refractivity contribution >= 4 is 11.6 Å². The second-order valence-corrected chi connectivity index (χ2v) is 7.30. The van der Waals surface area contributed by atoms with Gasteiger partial charge in [0, 0.05) is 19.6 Å². The number of rotatable bonds is 9. The molecule has 0 aromatic heterocycles. The molecule has 148 valence electrons. The van der Waals surface area contributed by atoms with E-state index in [1.807, 2.05) is 30.3 Å². The van der Waals surface area contributed by atoms with E-state index in [9.17, 15) is 13.2 Å². The Hall–Kier alpha value is -1.72. The zero-order valence-electron chi connectivity index (χ0n) is 15.6. The second-order valence-electron chi connectivity index (χ2n) is 6.92. The van der Waals surface area contributed by atoms with Crippen LogP contribution in [-0.4, -0.2) is 24.6 Å². The van der Waals surface area contributed by atoms with E-state index in [0.717, 1.165) is 31.3 Å². The number of halogens is 4. The van der Waals surface area contributed by atoms with Gasteiger partial charge in [-0.05, 0) is 36.1 Å². The highest BCUT2D eigenvalue weighted by molar-refractivity contribution is 6.32. The summed E-state index contributed by atoms with van der Waals surface area (Å²) in [6, 6.07) is 13.6. The molecule has 6 heteroatoms. The number of alkyl halides is 3. The molecule has 0 saturated heterocycles. The van der Waals surface area contributed by atoms with Gasteiger partial charge in [-0.1, -0.05) is 55.8 Å². The highest BCUT2D eigenvalue weighted by Crippen LogP contribution is 2.36. The summed E-state index contributed by atoms with van der Waals surface area (Å²) in [7, 11) is 0. The van der Waals surface area contributed by atoms with Gasteiger partial charge in [0.1, 0.15) is 5.75 Å². The molecule has 0 fully saturated rings. The maximum Gasteiger partial charge on any atom is 0.417 e. The molecule has 2 aromatic rings. The van der Waals surface area contributed by atoms with Crippen LogP contribution < -0.4 is 4.74 Å². The fourth-order valence-electron chi connectivity index (χ4n) is 2.91. The molecule has 0 atom stereocenters. The largest absolute Gasteiger partial charge is 0.494 e. The second kappa shape index (κ2) is 10.00. The third-order valence-electron chi connectivity index (χ3n) is 4.03. The van der Waals surface area contributed by atoms with Crippen molar-refractivity contribution in [1.29, 1.82) is 0 Å². The van der Waals surface area contributed by atoms with Crippen LogP contribution in [0.2, 0.25) is 5.02 Å². The van der Waals surface area contributed by atoms with E-state index in [1.54, 1.807) is 6.07 Å². The lowest BCUT2D eigenvalue weighted by atomic mass is 10.1. The lowest BCUT2D eigenvalue weighted by Crippen LogP contribution is -2.29. The first kappa shape index (κ1) is 21.6. The molecule has 0 heterocycles. The van der Waals surface area contributed by atoms with Crippen LogP contribution >= 0.6 is 11.6 Å². The van der Waals surface area contributed by atoms with Crippen molar-refractivity contribution in [3.8, 4) is 5.75 Å². The maximum absolute atomic E-state index is 13.1. The van der Waals surface area contributed by atoms with Crippen molar-refractivity contribution in [3.05, 3.63) is 64.7 Å². The van der Waals surface area contributed by atoms with E-state index in [0.29, 0.717) is 24.6 Å². The van der Waals surface area contributed by atoms with Crippen molar-refractivity contribution in [2.75, 3.05) is 19.7 Å². The summed E-state index contributed by atoms with van der Waals surface area (Å²) in [5.41, 5.74) is -0.283. The number of hydrogen-bond donors (Lipinski definition) is 0. The fourth-order valence-corrected chi connectivity index (χ4v) is 3.20. The molecular weight excluding hydrogens is 375 g/mol. The van der Waals surface area contributed by atoms with E-state index >= 15 is 0 Å². The fraction of sp³-hybridized carbons (Fsp3) is 0.429. The molecule has 0 aliphatic heterocycles. The van der Waals surface area contributed by atoms with Crippen LogP contribution in [0.25, 0.3) is 0 Å². The van der Waals surface area contributed by atoms with Gasteiger partial charge >= 0.3 is 6.18 Å². The average molecular weight is 400 g/mol. The number of para-hydroxylation sites is 1. The van der Waals surface area contributed by atoms with Crippen LogP contribution in [0.5, 0.6) is 5.75 Å². The molecule has 0 N–H and O–H groups in total. The molecule has 0 unspecified atom stereocenters. The summed E-state index contributed by atoms with van der Waals surface area (Å²) < 4.78 is 44.9. The van der Waals surface area contributed by atoms with E-state index in [-0.39, 0.29) is 5.02 Å². The summed E-state index contributed by atoms with van der Waals surface area (Å²) in [6.45, 7) is 6.60. The Balaban J connectivity index is 1.98. The molecular formula is C21H25ClF3NO. The van der Waals surface area contributed by atoms with Gasteiger partial charge in [-0.25, -0.2) is 0 Å². The van der Waals surface area contributed by atoms with E-state index in [1.165, 1.54) is 6.07 Å². The van der Waals surface area contributed by atoms with Crippen molar-refractivity contribution in [2.45, 2.75) is 33.0 Å². The molecule has 27 heavy (non-hydrogen) atoms. The molecule has 2 rings (SSSR count). The van der Waals surface area contributed by atoms with Crippen LogP contribution in [0, 0.1) is 5.92 Å². The van der Waals surface area contributed by atoms with E-state index in [4.69, 9.17) is 16.3 Å². The van der Waals surface area contributed by atoms with Gasteiger partial charge in [0.15, 0.2) is 0 Å². The molecule has 0 bridgehead atoms. The van der Waals surface area contributed by atoms with E-state index in [2.05, 4.69) is 18.7 Å². The van der Waals surface area contributed by atoms with Crippen molar-refractivity contribution in [3.63, 3.8) is 0 Å². The summed E-state index contributed by atoms with van der Waals surface area (Å²) in [5.74, 6) is 1.21. The first-order valence-corrected chi connectivity index (χ1v) is 9.40. The molecule has 0 aliphatic carbocycles. The SMILES string of the molecule is CC(C)CN(CCCOc1ccccc1)Cc1cccc(C(F)(F)F)c1Cl. The van der Waals surface area contributed by atoms with Gasteiger partial charge in [-0.2, -0.15) is 13.2 Å². The number of ether oxygens (including phenoxy) is 1. The molecule has 2 aromatic carbocycles. The normalized spacial score (nSPS) is 12.0. The minimum Gasteiger partial charge on any atom is -0.494 e. The highest BCUT2D eigenvalue weighted by atomic mass is 35.5. The quantitative estimate of drug-likeness (QED) is 0.460. The summed E-state index contributed by atoms with van der Waals surface area (Å²) in [6.07, 6.45) is -3.67.